The van der Waals surface area contributed by atoms with Crippen LogP contribution < -0.4 is 0 Å². The molecule has 8 heteroatoms. The maximum Gasteiger partial charge on any atom is 0.276 e. The number of carbonyl (C=O) groups is 1. The van der Waals surface area contributed by atoms with E-state index in [9.17, 15) is 13.6 Å². The molecule has 0 saturated heterocycles. The van der Waals surface area contributed by atoms with Crippen LogP contribution in [-0.2, 0) is 7.05 Å². The second kappa shape index (κ2) is 8.27. The monoisotopic (exact) mass is 448 g/mol. The van der Waals surface area contributed by atoms with Crippen LogP contribution in [-0.4, -0.2) is 32.3 Å². The molecule has 3 heterocycles. The van der Waals surface area contributed by atoms with Crippen molar-refractivity contribution >= 4 is 5.91 Å². The summed E-state index contributed by atoms with van der Waals surface area (Å²) >= 11 is 0. The third-order valence-electron chi connectivity index (χ3n) is 6.19. The third kappa shape index (κ3) is 3.71. The first-order valence-electron chi connectivity index (χ1n) is 10.8. The molecule has 168 valence electrons. The fraction of sp³-hybridized carbons (Fsp3) is 0.240. The zero-order chi connectivity index (χ0) is 23.1. The number of hydrogen-bond acceptors (Lipinski definition) is 4. The molecule has 2 aromatic heterocycles. The molecule has 0 saturated carbocycles. The Morgan fingerprint density at radius 2 is 1.94 bits per heavy atom. The Morgan fingerprint density at radius 3 is 2.64 bits per heavy atom. The molecule has 4 aromatic rings. The summed E-state index contributed by atoms with van der Waals surface area (Å²) in [6.45, 7) is 2.49. The van der Waals surface area contributed by atoms with Crippen molar-refractivity contribution in [1.29, 1.82) is 0 Å². The predicted octanol–water partition coefficient (Wildman–Crippen LogP) is 5.09. The highest BCUT2D eigenvalue weighted by Gasteiger charge is 2.37. The Labute approximate surface area is 189 Å². The van der Waals surface area contributed by atoms with Crippen LogP contribution in [0.1, 0.15) is 52.5 Å². The third-order valence-corrected chi connectivity index (χ3v) is 6.19. The summed E-state index contributed by atoms with van der Waals surface area (Å²) in [5.41, 5.74) is 3.41. The van der Waals surface area contributed by atoms with E-state index < -0.39 is 11.6 Å². The van der Waals surface area contributed by atoms with Crippen molar-refractivity contribution in [1.82, 2.24) is 19.8 Å². The molecule has 2 atom stereocenters. The quantitative estimate of drug-likeness (QED) is 0.436. The van der Waals surface area contributed by atoms with Crippen LogP contribution in [0.15, 0.2) is 65.4 Å². The minimum Gasteiger partial charge on any atom is -0.355 e. The topological polar surface area (TPSA) is 64.2 Å². The number of aromatic nitrogens is 3. The number of carbonyl (C=O) groups excluding carboxylic acids is 1. The van der Waals surface area contributed by atoms with E-state index in [1.165, 1.54) is 17.7 Å². The molecule has 0 bridgehead atoms. The molecule has 0 spiro atoms. The molecule has 0 aliphatic carbocycles. The van der Waals surface area contributed by atoms with Crippen LogP contribution >= 0.6 is 0 Å². The number of benzene rings is 2. The number of nitrogens with zero attached hydrogens (tertiary/aromatic N) is 4. The van der Waals surface area contributed by atoms with E-state index in [2.05, 4.69) is 22.4 Å². The standard InChI is InChI=1S/C25H22F2N4O2/c1-3-23-18-7-5-4-6-17(18)20(15-12-28-30(2)13-15)14-31(23)25(32)22-11-24(33-29-22)19-9-8-16(26)10-21(19)27/h4-13,20,23H,3,14H2,1-2H3. The Hall–Kier alpha value is -3.81. The maximum atomic E-state index is 14.2. The lowest BCUT2D eigenvalue weighted by Gasteiger charge is -2.40. The molecule has 1 aliphatic rings. The van der Waals surface area contributed by atoms with Crippen LogP contribution in [0.25, 0.3) is 11.3 Å². The molecule has 1 aliphatic heterocycles. The van der Waals surface area contributed by atoms with Gasteiger partial charge in [-0.15, -0.1) is 0 Å². The summed E-state index contributed by atoms with van der Waals surface area (Å²) in [6.07, 6.45) is 4.50. The zero-order valence-corrected chi connectivity index (χ0v) is 18.2. The number of hydrogen-bond donors (Lipinski definition) is 0. The highest BCUT2D eigenvalue weighted by Crippen LogP contribution is 2.41. The van der Waals surface area contributed by atoms with Gasteiger partial charge in [0.1, 0.15) is 11.6 Å². The van der Waals surface area contributed by atoms with Gasteiger partial charge in [-0.1, -0.05) is 36.3 Å². The summed E-state index contributed by atoms with van der Waals surface area (Å²) < 4.78 is 34.5. The van der Waals surface area contributed by atoms with Gasteiger partial charge in [0.15, 0.2) is 11.5 Å². The summed E-state index contributed by atoms with van der Waals surface area (Å²) in [5.74, 6) is -1.73. The normalized spacial score (nSPS) is 17.8. The fourth-order valence-corrected chi connectivity index (χ4v) is 4.63. The van der Waals surface area contributed by atoms with Crippen LogP contribution in [0.4, 0.5) is 8.78 Å². The van der Waals surface area contributed by atoms with Gasteiger partial charge in [-0.05, 0) is 35.2 Å². The zero-order valence-electron chi connectivity index (χ0n) is 18.2. The smallest absolute Gasteiger partial charge is 0.276 e. The first-order valence-corrected chi connectivity index (χ1v) is 10.8. The highest BCUT2D eigenvalue weighted by molar-refractivity contribution is 5.93. The summed E-state index contributed by atoms with van der Waals surface area (Å²) in [7, 11) is 1.86. The van der Waals surface area contributed by atoms with E-state index in [1.807, 2.05) is 38.5 Å². The number of aryl methyl sites for hydroxylation is 1. The van der Waals surface area contributed by atoms with Crippen molar-refractivity contribution < 1.29 is 18.1 Å². The van der Waals surface area contributed by atoms with E-state index in [0.717, 1.165) is 29.7 Å². The van der Waals surface area contributed by atoms with Gasteiger partial charge in [-0.3, -0.25) is 9.48 Å². The van der Waals surface area contributed by atoms with Crippen LogP contribution in [0.5, 0.6) is 0 Å². The van der Waals surface area contributed by atoms with Gasteiger partial charge in [0.2, 0.25) is 0 Å². The highest BCUT2D eigenvalue weighted by atomic mass is 19.1. The van der Waals surface area contributed by atoms with Gasteiger partial charge in [0.25, 0.3) is 5.91 Å². The number of fused-ring (bicyclic) bond motifs is 1. The van der Waals surface area contributed by atoms with Crippen LogP contribution in [0.2, 0.25) is 0 Å². The first kappa shape index (κ1) is 21.1. The van der Waals surface area contributed by atoms with Crippen molar-refractivity contribution in [3.8, 4) is 11.3 Å². The average molecular weight is 448 g/mol. The predicted molar refractivity (Wildman–Crippen MR) is 117 cm³/mol. The van der Waals surface area contributed by atoms with Crippen molar-refractivity contribution in [3.63, 3.8) is 0 Å². The van der Waals surface area contributed by atoms with Gasteiger partial charge in [0, 0.05) is 37.8 Å². The van der Waals surface area contributed by atoms with Gasteiger partial charge < -0.3 is 9.42 Å². The molecule has 6 nitrogen and oxygen atoms in total. The Balaban J connectivity index is 1.52. The molecule has 33 heavy (non-hydrogen) atoms. The van der Waals surface area contributed by atoms with E-state index in [-0.39, 0.29) is 34.9 Å². The molecule has 2 aromatic carbocycles. The van der Waals surface area contributed by atoms with E-state index in [0.29, 0.717) is 6.54 Å². The molecule has 0 N–H and O–H groups in total. The second-order valence-electron chi connectivity index (χ2n) is 8.21. The molecule has 5 rings (SSSR count). The van der Waals surface area contributed by atoms with E-state index in [4.69, 9.17) is 4.52 Å². The lowest BCUT2D eigenvalue weighted by atomic mass is 9.81. The Bertz CT molecular complexity index is 1330. The van der Waals surface area contributed by atoms with Gasteiger partial charge in [-0.25, -0.2) is 8.78 Å². The minimum absolute atomic E-state index is 0.0393. The van der Waals surface area contributed by atoms with Crippen molar-refractivity contribution in [2.45, 2.75) is 25.3 Å². The largest absolute Gasteiger partial charge is 0.355 e. The van der Waals surface area contributed by atoms with E-state index >= 15 is 0 Å². The SMILES string of the molecule is CCC1c2ccccc2C(c2cnn(C)c2)CN1C(=O)c1cc(-c2ccc(F)cc2F)on1. The van der Waals surface area contributed by atoms with Crippen molar-refractivity contribution in [2.75, 3.05) is 6.54 Å². The molecular weight excluding hydrogens is 426 g/mol. The molecule has 2 unspecified atom stereocenters. The number of amides is 1. The number of halogens is 2. The van der Waals surface area contributed by atoms with Gasteiger partial charge in [-0.2, -0.15) is 5.10 Å². The van der Waals surface area contributed by atoms with Crippen molar-refractivity contribution in [2.24, 2.45) is 7.05 Å². The van der Waals surface area contributed by atoms with Crippen LogP contribution in [0.3, 0.4) is 0 Å². The molecular formula is C25H22F2N4O2. The summed E-state index contributed by atoms with van der Waals surface area (Å²) in [5, 5.41) is 8.22. The average Bonchev–Trinajstić information content (AvgIpc) is 3.47. The first-order chi connectivity index (χ1) is 16.0. The lowest BCUT2D eigenvalue weighted by molar-refractivity contribution is 0.0631. The molecule has 1 amide bonds. The number of rotatable bonds is 4. The molecule has 0 radical (unpaired) electrons. The summed E-state index contributed by atoms with van der Waals surface area (Å²) in [6, 6.07) is 12.6. The Kier molecular flexibility index (Phi) is 5.28. The molecule has 0 fully saturated rings. The maximum absolute atomic E-state index is 14.2. The van der Waals surface area contributed by atoms with E-state index in [1.54, 1.807) is 9.58 Å². The Morgan fingerprint density at radius 1 is 1.15 bits per heavy atom. The van der Waals surface area contributed by atoms with Crippen LogP contribution in [0, 0.1) is 11.6 Å². The fourth-order valence-electron chi connectivity index (χ4n) is 4.63. The van der Waals surface area contributed by atoms with Crippen molar-refractivity contribution in [3.05, 3.63) is 94.9 Å². The lowest BCUT2D eigenvalue weighted by Crippen LogP contribution is -2.42. The minimum atomic E-state index is -0.778. The van der Waals surface area contributed by atoms with Gasteiger partial charge in [0.05, 0.1) is 17.8 Å². The van der Waals surface area contributed by atoms with Gasteiger partial charge >= 0.3 is 0 Å². The second-order valence-corrected chi connectivity index (χ2v) is 8.21. The summed E-state index contributed by atoms with van der Waals surface area (Å²) in [4.78, 5) is 15.4.